The molecule has 0 spiro atoms. The molecule has 0 radical (unpaired) electrons. The van der Waals surface area contributed by atoms with Gasteiger partial charge in [0.15, 0.2) is 8.32 Å². The van der Waals surface area contributed by atoms with Crippen LogP contribution in [0, 0.1) is 0 Å². The van der Waals surface area contributed by atoms with Crippen molar-refractivity contribution < 1.29 is 24.2 Å². The number of likely N-dealkylation sites (tertiary alicyclic amines) is 1. The third-order valence-corrected chi connectivity index (χ3v) is 8.67. The van der Waals surface area contributed by atoms with Crippen molar-refractivity contribution in [3.63, 3.8) is 0 Å². The van der Waals surface area contributed by atoms with Gasteiger partial charge in [0, 0.05) is 6.54 Å². The second-order valence-electron chi connectivity index (χ2n) is 6.76. The number of carboxylic acids is 1. The normalized spacial score (nSPS) is 21.9. The van der Waals surface area contributed by atoms with Gasteiger partial charge in [-0.2, -0.15) is 0 Å². The van der Waals surface area contributed by atoms with Crippen LogP contribution in [0.5, 0.6) is 0 Å². The van der Waals surface area contributed by atoms with E-state index in [-0.39, 0.29) is 5.04 Å². The SMILES string of the molecule is CC(C)(C)[Si](C)(C)O[C@H](O)C(=O)N1CCC[C@H]1C(=O)O. The van der Waals surface area contributed by atoms with Crippen molar-refractivity contribution in [3.05, 3.63) is 0 Å². The second kappa shape index (κ2) is 5.83. The zero-order valence-electron chi connectivity index (χ0n) is 12.8. The minimum absolute atomic E-state index is 0.133. The van der Waals surface area contributed by atoms with Crippen LogP contribution < -0.4 is 0 Å². The van der Waals surface area contributed by atoms with Crippen molar-refractivity contribution in [1.82, 2.24) is 4.90 Å². The fraction of sp³-hybridized carbons (Fsp3) is 0.846. The maximum Gasteiger partial charge on any atom is 0.326 e. The fourth-order valence-electron chi connectivity index (χ4n) is 1.94. The van der Waals surface area contributed by atoms with Crippen LogP contribution in [0.4, 0.5) is 0 Å². The van der Waals surface area contributed by atoms with Gasteiger partial charge < -0.3 is 19.5 Å². The number of hydrogen-bond acceptors (Lipinski definition) is 4. The Kier molecular flexibility index (Phi) is 4.99. The van der Waals surface area contributed by atoms with E-state index in [0.717, 1.165) is 0 Å². The fourth-order valence-corrected chi connectivity index (χ4v) is 2.95. The Labute approximate surface area is 120 Å². The minimum atomic E-state index is -2.28. The molecule has 1 fully saturated rings. The summed E-state index contributed by atoms with van der Waals surface area (Å²) in [4.78, 5) is 24.5. The largest absolute Gasteiger partial charge is 0.480 e. The molecule has 0 aromatic rings. The number of carbonyl (C=O) groups is 2. The highest BCUT2D eigenvalue weighted by molar-refractivity contribution is 6.74. The lowest BCUT2D eigenvalue weighted by Crippen LogP contribution is -2.51. The number of hydrogen-bond donors (Lipinski definition) is 2. The molecule has 1 aliphatic rings. The Hall–Kier alpha value is -0.923. The lowest BCUT2D eigenvalue weighted by molar-refractivity contribution is -0.162. The first kappa shape index (κ1) is 17.1. The smallest absolute Gasteiger partial charge is 0.326 e. The molecular weight excluding hydrogens is 278 g/mol. The molecule has 2 atom stereocenters. The first-order valence-corrected chi connectivity index (χ1v) is 9.77. The molecule has 6 nitrogen and oxygen atoms in total. The second-order valence-corrected chi connectivity index (χ2v) is 11.5. The molecular formula is C13H25NO5Si. The lowest BCUT2D eigenvalue weighted by Gasteiger charge is -2.38. The molecule has 1 saturated heterocycles. The first-order valence-electron chi connectivity index (χ1n) is 6.86. The van der Waals surface area contributed by atoms with E-state index in [9.17, 15) is 14.7 Å². The molecule has 2 N–H and O–H groups in total. The van der Waals surface area contributed by atoms with Crippen LogP contribution in [0.25, 0.3) is 0 Å². The average Bonchev–Trinajstić information content (AvgIpc) is 2.74. The first-order chi connectivity index (χ1) is 8.97. The monoisotopic (exact) mass is 303 g/mol. The Morgan fingerprint density at radius 1 is 1.35 bits per heavy atom. The van der Waals surface area contributed by atoms with E-state index in [0.29, 0.717) is 19.4 Å². The summed E-state index contributed by atoms with van der Waals surface area (Å²) in [5, 5.41) is 18.9. The van der Waals surface area contributed by atoms with Gasteiger partial charge in [0.1, 0.15) is 6.04 Å². The lowest BCUT2D eigenvalue weighted by atomic mass is 10.2. The zero-order valence-corrected chi connectivity index (χ0v) is 13.8. The predicted octanol–water partition coefficient (Wildman–Crippen LogP) is 1.40. The Balaban J connectivity index is 2.75. The van der Waals surface area contributed by atoms with E-state index in [4.69, 9.17) is 9.53 Å². The average molecular weight is 303 g/mol. The van der Waals surface area contributed by atoms with Crippen LogP contribution in [0.2, 0.25) is 18.1 Å². The van der Waals surface area contributed by atoms with Gasteiger partial charge >= 0.3 is 5.97 Å². The Bertz CT molecular complexity index is 391. The van der Waals surface area contributed by atoms with E-state index in [1.54, 1.807) is 0 Å². The molecule has 0 aromatic carbocycles. The number of aliphatic hydroxyl groups excluding tert-OH is 1. The zero-order chi connectivity index (χ0) is 15.7. The molecule has 116 valence electrons. The van der Waals surface area contributed by atoms with Crippen molar-refractivity contribution in [2.45, 2.75) is 64.1 Å². The van der Waals surface area contributed by atoms with E-state index >= 15 is 0 Å². The van der Waals surface area contributed by atoms with Gasteiger partial charge in [-0.25, -0.2) is 4.79 Å². The Morgan fingerprint density at radius 2 is 1.90 bits per heavy atom. The molecule has 20 heavy (non-hydrogen) atoms. The van der Waals surface area contributed by atoms with Gasteiger partial charge in [-0.15, -0.1) is 0 Å². The van der Waals surface area contributed by atoms with Crippen molar-refractivity contribution in [2.75, 3.05) is 6.54 Å². The number of carbonyl (C=O) groups excluding carboxylic acids is 1. The number of amides is 1. The van der Waals surface area contributed by atoms with Gasteiger partial charge in [0.25, 0.3) is 5.91 Å². The summed E-state index contributed by atoms with van der Waals surface area (Å²) in [5.74, 6) is -1.67. The van der Waals surface area contributed by atoms with Crippen molar-refractivity contribution in [2.24, 2.45) is 0 Å². The Morgan fingerprint density at radius 3 is 2.35 bits per heavy atom. The summed E-state index contributed by atoms with van der Waals surface area (Å²) in [7, 11) is -2.28. The van der Waals surface area contributed by atoms with Crippen LogP contribution >= 0.6 is 0 Å². The van der Waals surface area contributed by atoms with Crippen LogP contribution in [0.1, 0.15) is 33.6 Å². The van der Waals surface area contributed by atoms with Crippen molar-refractivity contribution >= 4 is 20.2 Å². The van der Waals surface area contributed by atoms with Crippen molar-refractivity contribution in [1.29, 1.82) is 0 Å². The highest BCUT2D eigenvalue weighted by Crippen LogP contribution is 2.37. The third kappa shape index (κ3) is 3.59. The molecule has 1 heterocycles. The maximum absolute atomic E-state index is 12.2. The number of carboxylic acid groups (broad SMARTS) is 1. The summed E-state index contributed by atoms with van der Waals surface area (Å²) in [6.07, 6.45) is -0.514. The molecule has 1 rings (SSSR count). The molecule has 0 aliphatic carbocycles. The molecule has 0 saturated carbocycles. The summed E-state index contributed by atoms with van der Waals surface area (Å²) in [6.45, 7) is 10.2. The van der Waals surface area contributed by atoms with Crippen LogP contribution in [-0.2, 0) is 14.0 Å². The summed E-state index contributed by atoms with van der Waals surface area (Å²) in [6, 6.07) is -0.847. The molecule has 0 unspecified atom stereocenters. The predicted molar refractivity (Wildman–Crippen MR) is 76.7 cm³/mol. The minimum Gasteiger partial charge on any atom is -0.480 e. The highest BCUT2D eigenvalue weighted by Gasteiger charge is 2.43. The van der Waals surface area contributed by atoms with Gasteiger partial charge in [0.2, 0.25) is 6.29 Å². The number of aliphatic hydroxyl groups is 1. The quantitative estimate of drug-likeness (QED) is 0.605. The van der Waals surface area contributed by atoms with Crippen LogP contribution in [-0.4, -0.2) is 54.2 Å². The molecule has 1 amide bonds. The topological polar surface area (TPSA) is 87.1 Å². The van der Waals surface area contributed by atoms with E-state index < -0.39 is 32.5 Å². The third-order valence-electron chi connectivity index (χ3n) is 4.24. The molecule has 7 heteroatoms. The summed E-state index contributed by atoms with van der Waals surface area (Å²) < 4.78 is 5.61. The molecule has 0 bridgehead atoms. The standard InChI is InChI=1S/C13H25NO5Si/c1-13(2,3)20(4,5)19-12(18)10(15)14-8-6-7-9(14)11(16)17/h9,12,18H,6-8H2,1-5H3,(H,16,17)/t9-,12-/m0/s1. The van der Waals surface area contributed by atoms with E-state index in [2.05, 4.69) is 0 Å². The van der Waals surface area contributed by atoms with Gasteiger partial charge in [-0.05, 0) is 31.0 Å². The van der Waals surface area contributed by atoms with Gasteiger partial charge in [-0.3, -0.25) is 4.79 Å². The highest BCUT2D eigenvalue weighted by atomic mass is 28.4. The molecule has 0 aromatic heterocycles. The van der Waals surface area contributed by atoms with Gasteiger partial charge in [-0.1, -0.05) is 20.8 Å². The van der Waals surface area contributed by atoms with E-state index in [1.807, 2.05) is 33.9 Å². The number of nitrogens with zero attached hydrogens (tertiary/aromatic N) is 1. The van der Waals surface area contributed by atoms with Crippen LogP contribution in [0.3, 0.4) is 0 Å². The number of aliphatic carboxylic acids is 1. The van der Waals surface area contributed by atoms with Crippen molar-refractivity contribution in [3.8, 4) is 0 Å². The summed E-state index contributed by atoms with van der Waals surface area (Å²) >= 11 is 0. The van der Waals surface area contributed by atoms with Crippen LogP contribution in [0.15, 0.2) is 0 Å². The number of rotatable bonds is 4. The van der Waals surface area contributed by atoms with Gasteiger partial charge in [0.05, 0.1) is 0 Å². The molecule has 1 aliphatic heterocycles. The van der Waals surface area contributed by atoms with E-state index in [1.165, 1.54) is 4.90 Å². The summed E-state index contributed by atoms with van der Waals surface area (Å²) in [5.41, 5.74) is 0. The maximum atomic E-state index is 12.2.